The minimum Gasteiger partial charge on any atom is -0.491 e. The SMILES string of the molecule is CC(C)OC(=O)/C=C\n1nnc(-c2cc(OC(C)C)cc(C(F)(F)F)c2)n1. The number of tetrazole rings is 1. The topological polar surface area (TPSA) is 79.1 Å². The van der Waals surface area contributed by atoms with Crippen LogP contribution in [0.2, 0.25) is 0 Å². The van der Waals surface area contributed by atoms with Gasteiger partial charge in [0, 0.05) is 11.6 Å². The average molecular weight is 384 g/mol. The molecule has 2 aromatic rings. The molecule has 0 amide bonds. The van der Waals surface area contributed by atoms with Crippen LogP contribution in [0.25, 0.3) is 17.6 Å². The number of hydrogen-bond donors (Lipinski definition) is 0. The first-order chi connectivity index (χ1) is 12.5. The van der Waals surface area contributed by atoms with Gasteiger partial charge < -0.3 is 9.47 Å². The van der Waals surface area contributed by atoms with Gasteiger partial charge in [0.1, 0.15) is 5.75 Å². The Bertz CT molecular complexity index is 829. The lowest BCUT2D eigenvalue weighted by Crippen LogP contribution is -2.09. The van der Waals surface area contributed by atoms with E-state index in [2.05, 4.69) is 15.4 Å². The van der Waals surface area contributed by atoms with Gasteiger partial charge in [-0.1, -0.05) is 0 Å². The first-order valence-electron chi connectivity index (χ1n) is 8.12. The molecule has 0 N–H and O–H groups in total. The van der Waals surface area contributed by atoms with E-state index in [1.807, 2.05) is 0 Å². The predicted molar refractivity (Wildman–Crippen MR) is 90.6 cm³/mol. The Balaban J connectivity index is 2.31. The Hall–Kier alpha value is -2.91. The molecule has 0 radical (unpaired) electrons. The van der Waals surface area contributed by atoms with Gasteiger partial charge in [0.15, 0.2) is 0 Å². The zero-order valence-electron chi connectivity index (χ0n) is 15.2. The average Bonchev–Trinajstić information content (AvgIpc) is 2.99. The van der Waals surface area contributed by atoms with Crippen molar-refractivity contribution < 1.29 is 27.4 Å². The third-order valence-electron chi connectivity index (χ3n) is 2.99. The summed E-state index contributed by atoms with van der Waals surface area (Å²) in [6.07, 6.45) is -2.86. The number of rotatable bonds is 6. The fraction of sp³-hybridized carbons (Fsp3) is 0.412. The molecule has 0 unspecified atom stereocenters. The molecule has 0 saturated heterocycles. The van der Waals surface area contributed by atoms with Gasteiger partial charge in [-0.3, -0.25) is 0 Å². The third kappa shape index (κ3) is 6.08. The molecule has 0 bridgehead atoms. The van der Waals surface area contributed by atoms with Crippen LogP contribution in [0, 0.1) is 0 Å². The highest BCUT2D eigenvalue weighted by Crippen LogP contribution is 2.35. The Morgan fingerprint density at radius 2 is 1.85 bits per heavy atom. The number of aromatic nitrogens is 4. The van der Waals surface area contributed by atoms with Crippen LogP contribution in [-0.2, 0) is 15.7 Å². The lowest BCUT2D eigenvalue weighted by atomic mass is 10.1. The van der Waals surface area contributed by atoms with Gasteiger partial charge in [0.2, 0.25) is 5.82 Å². The van der Waals surface area contributed by atoms with Gasteiger partial charge in [0.25, 0.3) is 0 Å². The number of ether oxygens (including phenoxy) is 2. The Morgan fingerprint density at radius 1 is 1.15 bits per heavy atom. The summed E-state index contributed by atoms with van der Waals surface area (Å²) in [5.74, 6) is -0.602. The molecule has 0 aliphatic heterocycles. The van der Waals surface area contributed by atoms with E-state index in [9.17, 15) is 18.0 Å². The lowest BCUT2D eigenvalue weighted by Gasteiger charge is -2.14. The first kappa shape index (κ1) is 20.4. The number of hydrogen-bond acceptors (Lipinski definition) is 6. The number of carbonyl (C=O) groups excluding carboxylic acids is 1. The number of carbonyl (C=O) groups is 1. The maximum Gasteiger partial charge on any atom is 0.416 e. The van der Waals surface area contributed by atoms with Crippen molar-refractivity contribution in [3.05, 3.63) is 29.8 Å². The molecule has 146 valence electrons. The quantitative estimate of drug-likeness (QED) is 0.560. The van der Waals surface area contributed by atoms with Crippen molar-refractivity contribution in [3.63, 3.8) is 0 Å². The highest BCUT2D eigenvalue weighted by Gasteiger charge is 2.32. The van der Waals surface area contributed by atoms with Gasteiger partial charge in [0.05, 0.1) is 24.0 Å². The highest BCUT2D eigenvalue weighted by atomic mass is 19.4. The van der Waals surface area contributed by atoms with Crippen molar-refractivity contribution in [1.29, 1.82) is 0 Å². The van der Waals surface area contributed by atoms with E-state index in [4.69, 9.17) is 9.47 Å². The number of benzene rings is 1. The second-order valence-corrected chi connectivity index (χ2v) is 6.15. The van der Waals surface area contributed by atoms with Crippen LogP contribution in [0.15, 0.2) is 24.3 Å². The monoisotopic (exact) mass is 384 g/mol. The van der Waals surface area contributed by atoms with Crippen molar-refractivity contribution in [2.45, 2.75) is 46.1 Å². The maximum absolute atomic E-state index is 13.1. The van der Waals surface area contributed by atoms with E-state index in [1.165, 1.54) is 12.3 Å². The molecule has 0 fully saturated rings. The lowest BCUT2D eigenvalue weighted by molar-refractivity contribution is -0.141. The largest absolute Gasteiger partial charge is 0.491 e. The zero-order valence-corrected chi connectivity index (χ0v) is 15.2. The normalized spacial score (nSPS) is 12.2. The molecule has 1 aromatic heterocycles. The molecule has 1 aromatic carbocycles. The minimum atomic E-state index is -4.55. The molecular weight excluding hydrogens is 365 g/mol. The fourth-order valence-corrected chi connectivity index (χ4v) is 2.03. The molecule has 0 atom stereocenters. The summed E-state index contributed by atoms with van der Waals surface area (Å²) < 4.78 is 49.7. The van der Waals surface area contributed by atoms with Crippen LogP contribution < -0.4 is 4.74 Å². The Kier molecular flexibility index (Phi) is 6.19. The summed E-state index contributed by atoms with van der Waals surface area (Å²) in [5, 5.41) is 11.4. The summed E-state index contributed by atoms with van der Waals surface area (Å²) in [7, 11) is 0. The van der Waals surface area contributed by atoms with Crippen molar-refractivity contribution >= 4 is 12.2 Å². The molecule has 7 nitrogen and oxygen atoms in total. The summed E-state index contributed by atoms with van der Waals surface area (Å²) >= 11 is 0. The molecule has 0 aliphatic carbocycles. The standard InChI is InChI=1S/C17H19F3N4O3/c1-10(2)26-14-8-12(7-13(9-14)17(18,19)20)16-21-23-24(22-16)6-5-15(25)27-11(3)4/h5-11H,1-4H3/b6-5-. The smallest absolute Gasteiger partial charge is 0.416 e. The van der Waals surface area contributed by atoms with Crippen LogP contribution in [0.5, 0.6) is 5.75 Å². The molecule has 2 rings (SSSR count). The summed E-state index contributed by atoms with van der Waals surface area (Å²) in [4.78, 5) is 12.4. The van der Waals surface area contributed by atoms with E-state index in [0.717, 1.165) is 23.0 Å². The number of halogens is 3. The van der Waals surface area contributed by atoms with Crippen molar-refractivity contribution in [3.8, 4) is 17.1 Å². The number of esters is 1. The van der Waals surface area contributed by atoms with E-state index in [-0.39, 0.29) is 29.3 Å². The summed E-state index contributed by atoms with van der Waals surface area (Å²) in [5.41, 5.74) is -0.798. The number of nitrogens with zero attached hydrogens (tertiary/aromatic N) is 4. The number of alkyl halides is 3. The molecule has 27 heavy (non-hydrogen) atoms. The molecule has 0 saturated carbocycles. The van der Waals surface area contributed by atoms with Crippen LogP contribution in [0.3, 0.4) is 0 Å². The summed E-state index contributed by atoms with van der Waals surface area (Å²) in [6.45, 7) is 6.80. The molecule has 1 heterocycles. The van der Waals surface area contributed by atoms with Crippen LogP contribution >= 0.6 is 0 Å². The van der Waals surface area contributed by atoms with E-state index in [0.29, 0.717) is 0 Å². The van der Waals surface area contributed by atoms with Gasteiger partial charge in [-0.15, -0.1) is 15.0 Å². The maximum atomic E-state index is 13.1. The molecule has 10 heteroatoms. The van der Waals surface area contributed by atoms with Gasteiger partial charge in [-0.05, 0) is 51.1 Å². The second kappa shape index (κ2) is 8.19. The first-order valence-corrected chi connectivity index (χ1v) is 8.12. The zero-order chi connectivity index (χ0) is 20.2. The van der Waals surface area contributed by atoms with E-state index >= 15 is 0 Å². The molecule has 0 aliphatic rings. The van der Waals surface area contributed by atoms with Crippen molar-refractivity contribution in [2.24, 2.45) is 0 Å². The van der Waals surface area contributed by atoms with Crippen molar-refractivity contribution in [1.82, 2.24) is 20.2 Å². The minimum absolute atomic E-state index is 0.0437. The van der Waals surface area contributed by atoms with E-state index in [1.54, 1.807) is 27.7 Å². The van der Waals surface area contributed by atoms with E-state index < -0.39 is 17.7 Å². The van der Waals surface area contributed by atoms with Crippen LogP contribution in [-0.4, -0.2) is 38.4 Å². The fourth-order valence-electron chi connectivity index (χ4n) is 2.03. The highest BCUT2D eigenvalue weighted by molar-refractivity contribution is 5.84. The third-order valence-corrected chi connectivity index (χ3v) is 2.99. The second-order valence-electron chi connectivity index (χ2n) is 6.15. The van der Waals surface area contributed by atoms with Gasteiger partial charge >= 0.3 is 12.1 Å². The Labute approximate surface area is 153 Å². The molecular formula is C17H19F3N4O3. The van der Waals surface area contributed by atoms with Gasteiger partial charge in [-0.25, -0.2) is 4.79 Å². The Morgan fingerprint density at radius 3 is 2.44 bits per heavy atom. The van der Waals surface area contributed by atoms with Crippen LogP contribution in [0.4, 0.5) is 13.2 Å². The summed E-state index contributed by atoms with van der Waals surface area (Å²) in [6, 6.07) is 3.22. The van der Waals surface area contributed by atoms with Crippen LogP contribution in [0.1, 0.15) is 33.3 Å². The predicted octanol–water partition coefficient (Wildman–Crippen LogP) is 3.57. The molecule has 0 spiro atoms. The van der Waals surface area contributed by atoms with Crippen molar-refractivity contribution in [2.75, 3.05) is 0 Å². The van der Waals surface area contributed by atoms with Gasteiger partial charge in [-0.2, -0.15) is 13.2 Å².